The van der Waals surface area contributed by atoms with Gasteiger partial charge in [0.25, 0.3) is 0 Å². The lowest BCUT2D eigenvalue weighted by Gasteiger charge is -2.18. The van der Waals surface area contributed by atoms with Crippen molar-refractivity contribution in [2.24, 2.45) is 0 Å². The molecule has 0 aromatic rings. The van der Waals surface area contributed by atoms with E-state index in [1.807, 2.05) is 0 Å². The van der Waals surface area contributed by atoms with E-state index < -0.39 is 5.97 Å². The molecule has 4 nitrogen and oxygen atoms in total. The average molecular weight is 553 g/mol. The van der Waals surface area contributed by atoms with Gasteiger partial charge in [-0.15, -0.1) is 0 Å². The Morgan fingerprint density at radius 1 is 0.462 bits per heavy atom. The first-order valence-electron chi connectivity index (χ1n) is 17.5. The van der Waals surface area contributed by atoms with E-state index in [0.29, 0.717) is 6.42 Å². The average Bonchev–Trinajstić information content (AvgIpc) is 2.91. The second-order valence-electron chi connectivity index (χ2n) is 12.1. The molecular weight excluding hydrogens is 484 g/mol. The third-order valence-corrected chi connectivity index (χ3v) is 8.08. The number of carboxylic acids is 1. The summed E-state index contributed by atoms with van der Waals surface area (Å²) in [5.41, 5.74) is 0. The molecule has 4 heteroatoms. The van der Waals surface area contributed by atoms with Crippen LogP contribution in [0.3, 0.4) is 0 Å². The summed E-state index contributed by atoms with van der Waals surface area (Å²) in [5, 5.41) is 8.73. The third-order valence-electron chi connectivity index (χ3n) is 8.08. The summed E-state index contributed by atoms with van der Waals surface area (Å²) >= 11 is 0. The Balaban J connectivity index is 3.82. The van der Waals surface area contributed by atoms with E-state index in [0.717, 1.165) is 70.6 Å². The van der Waals surface area contributed by atoms with Gasteiger partial charge in [-0.25, -0.2) is 0 Å². The first kappa shape index (κ1) is 37.9. The van der Waals surface area contributed by atoms with Crippen LogP contribution in [0.1, 0.15) is 206 Å². The molecule has 0 bridgehead atoms. The summed E-state index contributed by atoms with van der Waals surface area (Å²) in [7, 11) is 0. The van der Waals surface area contributed by atoms with E-state index in [1.165, 1.54) is 109 Å². The number of carbonyl (C=O) groups excluding carboxylic acids is 1. The molecule has 0 aromatic heterocycles. The number of hydrogen-bond acceptors (Lipinski definition) is 3. The molecule has 0 saturated heterocycles. The van der Waals surface area contributed by atoms with Crippen LogP contribution in [-0.2, 0) is 14.3 Å². The van der Waals surface area contributed by atoms with Crippen molar-refractivity contribution in [3.8, 4) is 0 Å². The molecule has 39 heavy (non-hydrogen) atoms. The van der Waals surface area contributed by atoms with Crippen molar-refractivity contribution >= 4 is 11.9 Å². The van der Waals surface area contributed by atoms with Gasteiger partial charge in [-0.3, -0.25) is 9.59 Å². The van der Waals surface area contributed by atoms with Crippen LogP contribution < -0.4 is 0 Å². The molecular formula is C35H68O4. The topological polar surface area (TPSA) is 63.6 Å². The standard InChI is InChI=1S/C35H68O4/c1-3-5-7-9-10-11-12-13-14-15-16-17-18-24-28-32-35(38)39-33(29-25-21-8-6-4-2)30-26-22-19-20-23-27-31-34(36)37/h33H,3-32H2,1-2H3,(H,36,37). The Kier molecular flexibility index (Phi) is 30.6. The zero-order chi connectivity index (χ0) is 28.7. The summed E-state index contributed by atoms with van der Waals surface area (Å²) in [5.74, 6) is -0.681. The van der Waals surface area contributed by atoms with Gasteiger partial charge in [0.1, 0.15) is 6.10 Å². The molecule has 0 radical (unpaired) electrons. The fourth-order valence-corrected chi connectivity index (χ4v) is 5.48. The minimum absolute atomic E-state index is 0.0110. The van der Waals surface area contributed by atoms with Gasteiger partial charge in [0.05, 0.1) is 0 Å². The molecule has 0 heterocycles. The monoisotopic (exact) mass is 553 g/mol. The van der Waals surface area contributed by atoms with Crippen molar-refractivity contribution in [2.75, 3.05) is 0 Å². The van der Waals surface area contributed by atoms with Gasteiger partial charge >= 0.3 is 11.9 Å². The van der Waals surface area contributed by atoms with E-state index in [2.05, 4.69) is 13.8 Å². The van der Waals surface area contributed by atoms with Crippen molar-refractivity contribution in [3.63, 3.8) is 0 Å². The van der Waals surface area contributed by atoms with E-state index in [9.17, 15) is 9.59 Å². The maximum atomic E-state index is 12.5. The quantitative estimate of drug-likeness (QED) is 0.0665. The molecule has 1 N–H and O–H groups in total. The molecule has 0 aliphatic rings. The molecule has 0 fully saturated rings. The van der Waals surface area contributed by atoms with Crippen LogP contribution in [0, 0.1) is 0 Å². The van der Waals surface area contributed by atoms with Crippen LogP contribution in [-0.4, -0.2) is 23.1 Å². The van der Waals surface area contributed by atoms with Gasteiger partial charge in [-0.1, -0.05) is 155 Å². The summed E-state index contributed by atoms with van der Waals surface area (Å²) < 4.78 is 5.94. The number of esters is 1. The number of rotatable bonds is 32. The molecule has 0 spiro atoms. The van der Waals surface area contributed by atoms with Crippen LogP contribution >= 0.6 is 0 Å². The molecule has 0 rings (SSSR count). The summed E-state index contributed by atoms with van der Waals surface area (Å²) in [4.78, 5) is 23.1. The first-order chi connectivity index (χ1) is 19.1. The lowest BCUT2D eigenvalue weighted by Crippen LogP contribution is -2.18. The lowest BCUT2D eigenvalue weighted by atomic mass is 10.0. The number of carboxylic acid groups (broad SMARTS) is 1. The maximum absolute atomic E-state index is 12.5. The molecule has 0 amide bonds. The van der Waals surface area contributed by atoms with E-state index in [1.54, 1.807) is 0 Å². The molecule has 232 valence electrons. The molecule has 1 unspecified atom stereocenters. The number of hydrogen-bond donors (Lipinski definition) is 1. The largest absolute Gasteiger partial charge is 0.481 e. The number of aliphatic carboxylic acids is 1. The van der Waals surface area contributed by atoms with Crippen molar-refractivity contribution in [2.45, 2.75) is 213 Å². The highest BCUT2D eigenvalue weighted by Crippen LogP contribution is 2.19. The van der Waals surface area contributed by atoms with Gasteiger partial charge in [-0.05, 0) is 38.5 Å². The zero-order valence-corrected chi connectivity index (χ0v) is 26.5. The SMILES string of the molecule is CCCCCCCCCCCCCCCCCC(=O)OC(CCCCCCC)CCCCCCCCC(=O)O. The van der Waals surface area contributed by atoms with Gasteiger partial charge in [0.15, 0.2) is 0 Å². The van der Waals surface area contributed by atoms with Crippen LogP contribution in [0.2, 0.25) is 0 Å². The molecule has 0 saturated carbocycles. The minimum Gasteiger partial charge on any atom is -0.481 e. The fraction of sp³-hybridized carbons (Fsp3) is 0.943. The van der Waals surface area contributed by atoms with Gasteiger partial charge in [0.2, 0.25) is 0 Å². The summed E-state index contributed by atoms with van der Waals surface area (Å²) in [6, 6.07) is 0. The van der Waals surface area contributed by atoms with Crippen molar-refractivity contribution in [3.05, 3.63) is 0 Å². The Labute approximate surface area is 243 Å². The highest BCUT2D eigenvalue weighted by molar-refractivity contribution is 5.69. The van der Waals surface area contributed by atoms with Crippen LogP contribution in [0.5, 0.6) is 0 Å². The zero-order valence-electron chi connectivity index (χ0n) is 26.5. The molecule has 1 atom stereocenters. The normalized spacial score (nSPS) is 12.1. The minimum atomic E-state index is -0.692. The highest BCUT2D eigenvalue weighted by atomic mass is 16.5. The number of carbonyl (C=O) groups is 2. The number of ether oxygens (including phenoxy) is 1. The Hall–Kier alpha value is -1.06. The fourth-order valence-electron chi connectivity index (χ4n) is 5.48. The smallest absolute Gasteiger partial charge is 0.306 e. The summed E-state index contributed by atoms with van der Waals surface area (Å²) in [6.45, 7) is 4.52. The van der Waals surface area contributed by atoms with Crippen molar-refractivity contribution in [1.29, 1.82) is 0 Å². The van der Waals surface area contributed by atoms with Crippen LogP contribution in [0.4, 0.5) is 0 Å². The predicted molar refractivity (Wildman–Crippen MR) is 167 cm³/mol. The predicted octanol–water partition coefficient (Wildman–Crippen LogP) is 11.7. The van der Waals surface area contributed by atoms with Crippen LogP contribution in [0.15, 0.2) is 0 Å². The van der Waals surface area contributed by atoms with Gasteiger partial charge in [0, 0.05) is 12.8 Å². The third kappa shape index (κ3) is 31.3. The molecule has 0 aliphatic carbocycles. The maximum Gasteiger partial charge on any atom is 0.306 e. The first-order valence-corrected chi connectivity index (χ1v) is 17.5. The Morgan fingerprint density at radius 3 is 1.13 bits per heavy atom. The van der Waals surface area contributed by atoms with E-state index in [4.69, 9.17) is 9.84 Å². The molecule has 0 aliphatic heterocycles. The second-order valence-corrected chi connectivity index (χ2v) is 12.1. The Bertz CT molecular complexity index is 519. The lowest BCUT2D eigenvalue weighted by molar-refractivity contribution is -0.150. The second kappa shape index (κ2) is 31.5. The van der Waals surface area contributed by atoms with E-state index >= 15 is 0 Å². The summed E-state index contributed by atoms with van der Waals surface area (Å²) in [6.07, 6.45) is 35.5. The Morgan fingerprint density at radius 2 is 0.769 bits per heavy atom. The van der Waals surface area contributed by atoms with Crippen LogP contribution in [0.25, 0.3) is 0 Å². The number of unbranched alkanes of at least 4 members (excludes halogenated alkanes) is 23. The molecule has 0 aromatic carbocycles. The van der Waals surface area contributed by atoms with Crippen molar-refractivity contribution in [1.82, 2.24) is 0 Å². The van der Waals surface area contributed by atoms with Gasteiger partial charge < -0.3 is 9.84 Å². The van der Waals surface area contributed by atoms with E-state index in [-0.39, 0.29) is 18.5 Å². The highest BCUT2D eigenvalue weighted by Gasteiger charge is 2.14. The van der Waals surface area contributed by atoms with Crippen molar-refractivity contribution < 1.29 is 19.4 Å². The van der Waals surface area contributed by atoms with Gasteiger partial charge in [-0.2, -0.15) is 0 Å².